The maximum atomic E-state index is 12.9. The van der Waals surface area contributed by atoms with Crippen molar-refractivity contribution >= 4 is 29.5 Å². The molecule has 2 amide bonds. The molecule has 0 saturated carbocycles. The van der Waals surface area contributed by atoms with Gasteiger partial charge in [-0.1, -0.05) is 35.4 Å². The fraction of sp³-hybridized carbons (Fsp3) is 0.552. The molecule has 6 nitrogen and oxygen atoms in total. The zero-order chi connectivity index (χ0) is 25.8. The third-order valence-electron chi connectivity index (χ3n) is 6.69. The van der Waals surface area contributed by atoms with Gasteiger partial charge in [0.15, 0.2) is 6.10 Å². The van der Waals surface area contributed by atoms with Gasteiger partial charge in [0.2, 0.25) is 5.91 Å². The zero-order valence-electron chi connectivity index (χ0n) is 21.6. The molecular formula is C29H40N2O4S. The third kappa shape index (κ3) is 9.16. The molecule has 1 aromatic rings. The number of ether oxygens (including phenoxy) is 1. The molecule has 2 aliphatic carbocycles. The molecule has 3 rings (SSSR count). The van der Waals surface area contributed by atoms with Crippen molar-refractivity contribution in [1.82, 2.24) is 10.6 Å². The molecule has 196 valence electrons. The van der Waals surface area contributed by atoms with E-state index in [1.165, 1.54) is 48.6 Å². The average molecular weight is 513 g/mol. The van der Waals surface area contributed by atoms with E-state index in [4.69, 9.17) is 4.74 Å². The minimum absolute atomic E-state index is 0.0552. The van der Waals surface area contributed by atoms with Crippen LogP contribution in [0.5, 0.6) is 0 Å². The molecular weight excluding hydrogens is 472 g/mol. The number of amides is 2. The lowest BCUT2D eigenvalue weighted by Crippen LogP contribution is -2.36. The Balaban J connectivity index is 1.46. The Kier molecular flexibility index (Phi) is 11.6. The number of carbonyl (C=O) groups excluding carboxylic acids is 3. The van der Waals surface area contributed by atoms with Gasteiger partial charge in [-0.15, -0.1) is 11.8 Å². The van der Waals surface area contributed by atoms with E-state index in [2.05, 4.69) is 22.8 Å². The van der Waals surface area contributed by atoms with Gasteiger partial charge in [-0.2, -0.15) is 0 Å². The molecule has 0 spiro atoms. The fourth-order valence-corrected chi connectivity index (χ4v) is 5.51. The van der Waals surface area contributed by atoms with Gasteiger partial charge in [0.05, 0.1) is 10.8 Å². The van der Waals surface area contributed by atoms with Crippen LogP contribution < -0.4 is 10.6 Å². The lowest BCUT2D eigenvalue weighted by atomic mass is 9.97. The lowest BCUT2D eigenvalue weighted by molar-refractivity contribution is -0.129. The second-order valence-corrected chi connectivity index (χ2v) is 11.0. The van der Waals surface area contributed by atoms with Crippen LogP contribution in [-0.2, 0) is 14.3 Å². The number of carbonyl (C=O) groups is 3. The Morgan fingerprint density at radius 1 is 0.861 bits per heavy atom. The smallest absolute Gasteiger partial charge is 0.340 e. The van der Waals surface area contributed by atoms with Gasteiger partial charge in [0.1, 0.15) is 0 Å². The van der Waals surface area contributed by atoms with E-state index >= 15 is 0 Å². The third-order valence-corrected chi connectivity index (χ3v) is 7.87. The molecule has 2 atom stereocenters. The monoisotopic (exact) mass is 512 g/mol. The van der Waals surface area contributed by atoms with Crippen molar-refractivity contribution < 1.29 is 19.1 Å². The normalized spacial score (nSPS) is 17.3. The summed E-state index contributed by atoms with van der Waals surface area (Å²) in [6.45, 7) is 4.59. The van der Waals surface area contributed by atoms with Crippen LogP contribution in [-0.4, -0.2) is 42.2 Å². The molecule has 0 unspecified atom stereocenters. The summed E-state index contributed by atoms with van der Waals surface area (Å²) in [7, 11) is 0. The van der Waals surface area contributed by atoms with Crippen LogP contribution in [0.4, 0.5) is 0 Å². The molecule has 0 radical (unpaired) electrons. The summed E-state index contributed by atoms with van der Waals surface area (Å²) < 4.78 is 5.47. The number of hydrogen-bond donors (Lipinski definition) is 2. The molecule has 2 aliphatic rings. The number of nitrogens with one attached hydrogen (secondary N) is 2. The van der Waals surface area contributed by atoms with Crippen LogP contribution >= 0.6 is 11.8 Å². The highest BCUT2D eigenvalue weighted by atomic mass is 32.2. The van der Waals surface area contributed by atoms with Gasteiger partial charge in [-0.05, 0) is 90.2 Å². The van der Waals surface area contributed by atoms with Gasteiger partial charge in [0, 0.05) is 18.0 Å². The number of rotatable bonds is 12. The Bertz CT molecular complexity index is 972. The van der Waals surface area contributed by atoms with E-state index < -0.39 is 12.1 Å². The average Bonchev–Trinajstić information content (AvgIpc) is 2.90. The molecule has 1 aromatic carbocycles. The van der Waals surface area contributed by atoms with E-state index in [0.717, 1.165) is 38.5 Å². The second-order valence-electron chi connectivity index (χ2n) is 9.60. The van der Waals surface area contributed by atoms with Crippen LogP contribution in [0.3, 0.4) is 0 Å². The quantitative estimate of drug-likeness (QED) is 0.212. The zero-order valence-corrected chi connectivity index (χ0v) is 22.5. The molecule has 0 fully saturated rings. The Labute approximate surface area is 219 Å². The topological polar surface area (TPSA) is 84.5 Å². The first-order valence-corrected chi connectivity index (χ1v) is 14.2. The first-order valence-electron chi connectivity index (χ1n) is 13.3. The number of hydrogen-bond acceptors (Lipinski definition) is 5. The Morgan fingerprint density at radius 3 is 2.03 bits per heavy atom. The van der Waals surface area contributed by atoms with Crippen molar-refractivity contribution in [3.05, 3.63) is 53.1 Å². The highest BCUT2D eigenvalue weighted by Gasteiger charge is 2.23. The van der Waals surface area contributed by atoms with Gasteiger partial charge in [-0.25, -0.2) is 4.79 Å². The highest BCUT2D eigenvalue weighted by Crippen LogP contribution is 2.28. The van der Waals surface area contributed by atoms with E-state index in [1.807, 2.05) is 13.0 Å². The van der Waals surface area contributed by atoms with Gasteiger partial charge in [-0.3, -0.25) is 9.59 Å². The predicted octanol–water partition coefficient (Wildman–Crippen LogP) is 5.73. The lowest BCUT2D eigenvalue weighted by Gasteiger charge is -2.17. The standard InChI is InChI=1S/C29H40N2O4S/c1-21(27(32)30-19-17-23-11-5-3-6-12-23)35-29(34)25-15-9-10-16-26(25)36-22(2)28(33)31-20-18-24-13-7-4-8-14-24/h9-11,13,15-16,21-22H,3-8,12,14,17-20H2,1-2H3,(H,30,32)(H,31,33)/t21-,22+/m0/s1. The van der Waals surface area contributed by atoms with E-state index in [1.54, 1.807) is 25.1 Å². The van der Waals surface area contributed by atoms with E-state index in [-0.39, 0.29) is 17.1 Å². The van der Waals surface area contributed by atoms with Crippen molar-refractivity contribution in [2.75, 3.05) is 13.1 Å². The molecule has 2 N–H and O–H groups in total. The van der Waals surface area contributed by atoms with Crippen LogP contribution in [0.2, 0.25) is 0 Å². The van der Waals surface area contributed by atoms with Crippen LogP contribution in [0.25, 0.3) is 0 Å². The molecule has 0 aliphatic heterocycles. The van der Waals surface area contributed by atoms with Crippen LogP contribution in [0.1, 0.15) is 88.4 Å². The first-order chi connectivity index (χ1) is 17.4. The number of allylic oxidation sites excluding steroid dienone is 2. The molecule has 0 heterocycles. The minimum Gasteiger partial charge on any atom is -0.449 e. The van der Waals surface area contributed by atoms with Gasteiger partial charge in [0.25, 0.3) is 5.91 Å². The van der Waals surface area contributed by atoms with Gasteiger partial charge >= 0.3 is 5.97 Å². The predicted molar refractivity (Wildman–Crippen MR) is 145 cm³/mol. The van der Waals surface area contributed by atoms with Crippen molar-refractivity contribution in [3.63, 3.8) is 0 Å². The Morgan fingerprint density at radius 2 is 1.44 bits per heavy atom. The largest absolute Gasteiger partial charge is 0.449 e. The van der Waals surface area contributed by atoms with E-state index in [9.17, 15) is 14.4 Å². The van der Waals surface area contributed by atoms with Crippen LogP contribution in [0.15, 0.2) is 52.5 Å². The van der Waals surface area contributed by atoms with Crippen molar-refractivity contribution in [2.45, 2.75) is 94.3 Å². The van der Waals surface area contributed by atoms with Crippen molar-refractivity contribution in [1.29, 1.82) is 0 Å². The summed E-state index contributed by atoms with van der Waals surface area (Å²) in [5, 5.41) is 5.52. The highest BCUT2D eigenvalue weighted by molar-refractivity contribution is 8.00. The minimum atomic E-state index is -0.897. The summed E-state index contributed by atoms with van der Waals surface area (Å²) in [6, 6.07) is 7.06. The van der Waals surface area contributed by atoms with E-state index in [0.29, 0.717) is 23.5 Å². The van der Waals surface area contributed by atoms with Crippen LogP contribution in [0, 0.1) is 0 Å². The summed E-state index contributed by atoms with van der Waals surface area (Å²) in [6.07, 6.45) is 14.8. The summed E-state index contributed by atoms with van der Waals surface area (Å²) in [5.74, 6) is -0.918. The molecule has 0 bridgehead atoms. The molecule has 7 heteroatoms. The molecule has 36 heavy (non-hydrogen) atoms. The number of thioether (sulfide) groups is 1. The summed E-state index contributed by atoms with van der Waals surface area (Å²) in [5.41, 5.74) is 3.18. The molecule has 0 saturated heterocycles. The first kappa shape index (κ1) is 28.0. The fourth-order valence-electron chi connectivity index (χ4n) is 4.50. The second kappa shape index (κ2) is 14.9. The van der Waals surface area contributed by atoms with Gasteiger partial charge < -0.3 is 15.4 Å². The van der Waals surface area contributed by atoms with Crippen molar-refractivity contribution in [2.24, 2.45) is 0 Å². The number of esters is 1. The SMILES string of the molecule is C[C@H](OC(=O)c1ccccc1S[C@H](C)C(=O)NCCC1=CCCCC1)C(=O)NCCC1=CCCCC1. The summed E-state index contributed by atoms with van der Waals surface area (Å²) in [4.78, 5) is 38.6. The maximum absolute atomic E-state index is 12.9. The van der Waals surface area contributed by atoms with Crippen molar-refractivity contribution in [3.8, 4) is 0 Å². The molecule has 0 aromatic heterocycles. The number of benzene rings is 1. The summed E-state index contributed by atoms with van der Waals surface area (Å²) >= 11 is 1.32. The maximum Gasteiger partial charge on any atom is 0.340 e. The Hall–Kier alpha value is -2.54.